The Morgan fingerprint density at radius 1 is 1.21 bits per heavy atom. The Kier molecular flexibility index (Phi) is 5.21. The largest absolute Gasteiger partial charge is 0.493 e. The van der Waals surface area contributed by atoms with Crippen molar-refractivity contribution < 1.29 is 19.0 Å². The molecule has 0 saturated heterocycles. The first kappa shape index (κ1) is 15.3. The van der Waals surface area contributed by atoms with E-state index in [4.69, 9.17) is 14.2 Å². The van der Waals surface area contributed by atoms with Crippen LogP contribution >= 0.6 is 0 Å². The van der Waals surface area contributed by atoms with E-state index < -0.39 is 5.41 Å². The molecular formula is C15H22O4. The lowest BCUT2D eigenvalue weighted by atomic mass is 9.95. The summed E-state index contributed by atoms with van der Waals surface area (Å²) in [5.41, 5.74) is 0.486. The number of methoxy groups -OCH3 is 2. The number of carbonyl (C=O) groups is 1. The first-order valence-corrected chi connectivity index (χ1v) is 6.32. The predicted molar refractivity (Wildman–Crippen MR) is 73.7 cm³/mol. The molecule has 0 fully saturated rings. The maximum Gasteiger partial charge on any atom is 0.314 e. The third-order valence-electron chi connectivity index (χ3n) is 2.96. The second kappa shape index (κ2) is 6.45. The number of hydrogen-bond donors (Lipinski definition) is 0. The number of ether oxygens (including phenoxy) is 3. The molecule has 0 aliphatic carbocycles. The van der Waals surface area contributed by atoms with Crippen LogP contribution in [0.4, 0.5) is 0 Å². The third kappa shape index (κ3) is 3.88. The Balaban J connectivity index is 2.80. The lowest BCUT2D eigenvalue weighted by Gasteiger charge is -2.22. The molecule has 0 atom stereocenters. The normalized spacial score (nSPS) is 11.0. The SMILES string of the molecule is CCc1ccc(OCC(C)(C)C(=O)OC)c(OC)c1. The molecule has 0 spiro atoms. The van der Waals surface area contributed by atoms with Crippen LogP contribution in [0.3, 0.4) is 0 Å². The lowest BCUT2D eigenvalue weighted by Crippen LogP contribution is -2.32. The van der Waals surface area contributed by atoms with Gasteiger partial charge < -0.3 is 14.2 Å². The van der Waals surface area contributed by atoms with Crippen LogP contribution in [-0.2, 0) is 16.0 Å². The molecule has 0 unspecified atom stereocenters. The smallest absolute Gasteiger partial charge is 0.314 e. The maximum absolute atomic E-state index is 11.6. The Bertz CT molecular complexity index is 438. The van der Waals surface area contributed by atoms with E-state index in [0.29, 0.717) is 11.5 Å². The van der Waals surface area contributed by atoms with Crippen molar-refractivity contribution in [2.24, 2.45) is 5.41 Å². The number of esters is 1. The van der Waals surface area contributed by atoms with Crippen LogP contribution in [0.15, 0.2) is 18.2 Å². The van der Waals surface area contributed by atoms with E-state index >= 15 is 0 Å². The third-order valence-corrected chi connectivity index (χ3v) is 2.96. The minimum absolute atomic E-state index is 0.238. The van der Waals surface area contributed by atoms with Crippen molar-refractivity contribution in [3.63, 3.8) is 0 Å². The summed E-state index contributed by atoms with van der Waals surface area (Å²) in [6, 6.07) is 5.80. The Hall–Kier alpha value is -1.71. The van der Waals surface area contributed by atoms with Gasteiger partial charge in [-0.3, -0.25) is 4.79 Å². The highest BCUT2D eigenvalue weighted by Crippen LogP contribution is 2.30. The van der Waals surface area contributed by atoms with Crippen molar-refractivity contribution in [2.45, 2.75) is 27.2 Å². The molecule has 0 bridgehead atoms. The number of carbonyl (C=O) groups excluding carboxylic acids is 1. The first-order chi connectivity index (χ1) is 8.94. The van der Waals surface area contributed by atoms with Crippen molar-refractivity contribution in [1.82, 2.24) is 0 Å². The van der Waals surface area contributed by atoms with E-state index in [0.717, 1.165) is 6.42 Å². The molecule has 0 radical (unpaired) electrons. The zero-order valence-corrected chi connectivity index (χ0v) is 12.3. The van der Waals surface area contributed by atoms with Crippen LogP contribution in [0.2, 0.25) is 0 Å². The van der Waals surface area contributed by atoms with Gasteiger partial charge in [0.25, 0.3) is 0 Å². The van der Waals surface area contributed by atoms with Gasteiger partial charge in [-0.05, 0) is 38.0 Å². The monoisotopic (exact) mass is 266 g/mol. The van der Waals surface area contributed by atoms with Gasteiger partial charge in [-0.25, -0.2) is 0 Å². The van der Waals surface area contributed by atoms with E-state index in [2.05, 4.69) is 6.92 Å². The lowest BCUT2D eigenvalue weighted by molar-refractivity contribution is -0.152. The number of aryl methyl sites for hydroxylation is 1. The molecular weight excluding hydrogens is 244 g/mol. The van der Waals surface area contributed by atoms with E-state index in [1.807, 2.05) is 18.2 Å². The highest BCUT2D eigenvalue weighted by atomic mass is 16.5. The first-order valence-electron chi connectivity index (χ1n) is 6.32. The van der Waals surface area contributed by atoms with Crippen LogP contribution in [0.1, 0.15) is 26.3 Å². The van der Waals surface area contributed by atoms with Gasteiger partial charge in [0.1, 0.15) is 6.61 Å². The van der Waals surface area contributed by atoms with Gasteiger partial charge >= 0.3 is 5.97 Å². The van der Waals surface area contributed by atoms with Crippen LogP contribution in [0.5, 0.6) is 11.5 Å². The quantitative estimate of drug-likeness (QED) is 0.743. The van der Waals surface area contributed by atoms with Gasteiger partial charge in [0.05, 0.1) is 19.6 Å². The second-order valence-electron chi connectivity index (χ2n) is 5.00. The standard InChI is InChI=1S/C15H22O4/c1-6-11-7-8-12(13(9-11)17-4)19-10-15(2,3)14(16)18-5/h7-9H,6,10H2,1-5H3. The van der Waals surface area contributed by atoms with Crippen LogP contribution in [-0.4, -0.2) is 26.8 Å². The van der Waals surface area contributed by atoms with Gasteiger partial charge in [-0.2, -0.15) is 0 Å². The van der Waals surface area contributed by atoms with Gasteiger partial charge in [-0.15, -0.1) is 0 Å². The summed E-state index contributed by atoms with van der Waals surface area (Å²) < 4.78 is 15.7. The fourth-order valence-corrected chi connectivity index (χ4v) is 1.64. The van der Waals surface area contributed by atoms with Gasteiger partial charge in [0, 0.05) is 0 Å². The van der Waals surface area contributed by atoms with Crippen LogP contribution in [0, 0.1) is 5.41 Å². The Morgan fingerprint density at radius 2 is 1.89 bits per heavy atom. The van der Waals surface area contributed by atoms with Crippen LogP contribution < -0.4 is 9.47 Å². The molecule has 0 amide bonds. The summed E-state index contributed by atoms with van der Waals surface area (Å²) >= 11 is 0. The van der Waals surface area contributed by atoms with E-state index in [1.54, 1.807) is 21.0 Å². The molecule has 0 aliphatic rings. The maximum atomic E-state index is 11.6. The second-order valence-corrected chi connectivity index (χ2v) is 5.00. The minimum atomic E-state index is -0.691. The van der Waals surface area contributed by atoms with E-state index in [9.17, 15) is 4.79 Å². The van der Waals surface area contributed by atoms with Crippen molar-refractivity contribution >= 4 is 5.97 Å². The van der Waals surface area contributed by atoms with Gasteiger partial charge in [0.2, 0.25) is 0 Å². The topological polar surface area (TPSA) is 44.8 Å². The van der Waals surface area contributed by atoms with Gasteiger partial charge in [0.15, 0.2) is 11.5 Å². The number of benzene rings is 1. The fourth-order valence-electron chi connectivity index (χ4n) is 1.64. The molecule has 0 aliphatic heterocycles. The highest BCUT2D eigenvalue weighted by Gasteiger charge is 2.30. The average molecular weight is 266 g/mol. The van der Waals surface area contributed by atoms with E-state index in [1.165, 1.54) is 12.7 Å². The van der Waals surface area contributed by atoms with Gasteiger partial charge in [-0.1, -0.05) is 13.0 Å². The zero-order chi connectivity index (χ0) is 14.5. The molecule has 0 aromatic heterocycles. The number of hydrogen-bond acceptors (Lipinski definition) is 4. The Labute approximate surface area is 114 Å². The molecule has 0 saturated carbocycles. The summed E-state index contributed by atoms with van der Waals surface area (Å²) in [4.78, 5) is 11.6. The van der Waals surface area contributed by atoms with E-state index in [-0.39, 0.29) is 12.6 Å². The van der Waals surface area contributed by atoms with Crippen molar-refractivity contribution in [2.75, 3.05) is 20.8 Å². The van der Waals surface area contributed by atoms with Crippen LogP contribution in [0.25, 0.3) is 0 Å². The Morgan fingerprint density at radius 3 is 2.42 bits per heavy atom. The molecule has 106 valence electrons. The average Bonchev–Trinajstić information content (AvgIpc) is 2.43. The zero-order valence-electron chi connectivity index (χ0n) is 12.3. The molecule has 4 heteroatoms. The summed E-state index contributed by atoms with van der Waals surface area (Å²) in [6.45, 7) is 5.88. The van der Waals surface area contributed by atoms with Crippen molar-refractivity contribution in [1.29, 1.82) is 0 Å². The minimum Gasteiger partial charge on any atom is -0.493 e. The summed E-state index contributed by atoms with van der Waals surface area (Å²) in [6.07, 6.45) is 0.935. The molecule has 0 heterocycles. The molecule has 19 heavy (non-hydrogen) atoms. The molecule has 1 aromatic carbocycles. The van der Waals surface area contributed by atoms with Crippen molar-refractivity contribution in [3.05, 3.63) is 23.8 Å². The molecule has 1 rings (SSSR count). The molecule has 4 nitrogen and oxygen atoms in total. The summed E-state index contributed by atoms with van der Waals surface area (Å²) in [7, 11) is 2.98. The summed E-state index contributed by atoms with van der Waals surface area (Å²) in [5, 5.41) is 0. The predicted octanol–water partition coefficient (Wildman–Crippen LogP) is 2.84. The number of rotatable bonds is 6. The highest BCUT2D eigenvalue weighted by molar-refractivity contribution is 5.75. The summed E-state index contributed by atoms with van der Waals surface area (Å²) in [5.74, 6) is 1.02. The molecule has 0 N–H and O–H groups in total. The molecule has 1 aromatic rings. The fraction of sp³-hybridized carbons (Fsp3) is 0.533. The van der Waals surface area contributed by atoms with Crippen molar-refractivity contribution in [3.8, 4) is 11.5 Å².